The van der Waals surface area contributed by atoms with E-state index in [1.54, 1.807) is 24.3 Å². The van der Waals surface area contributed by atoms with Crippen molar-refractivity contribution in [1.82, 2.24) is 4.90 Å². The molecule has 148 valence electrons. The van der Waals surface area contributed by atoms with Gasteiger partial charge in [-0.25, -0.2) is 0 Å². The molecule has 0 aliphatic carbocycles. The summed E-state index contributed by atoms with van der Waals surface area (Å²) in [7, 11) is 1.49. The first-order valence-corrected chi connectivity index (χ1v) is 9.53. The molecule has 1 unspecified atom stereocenters. The number of hydrogen-bond acceptors (Lipinski definition) is 5. The van der Waals surface area contributed by atoms with E-state index in [9.17, 15) is 14.7 Å². The van der Waals surface area contributed by atoms with Crippen molar-refractivity contribution in [3.63, 3.8) is 0 Å². The van der Waals surface area contributed by atoms with Gasteiger partial charge in [-0.05, 0) is 36.8 Å². The van der Waals surface area contributed by atoms with Crippen molar-refractivity contribution in [3.05, 3.63) is 58.5 Å². The van der Waals surface area contributed by atoms with Crippen LogP contribution in [0.3, 0.4) is 0 Å². The number of Topliss-reactive ketones (excluding diaryl/α,β-unsaturated/α-hetero) is 1. The molecule has 1 amide bonds. The lowest BCUT2D eigenvalue weighted by Gasteiger charge is -2.23. The van der Waals surface area contributed by atoms with Crippen molar-refractivity contribution in [3.8, 4) is 5.75 Å². The van der Waals surface area contributed by atoms with Gasteiger partial charge in [0.25, 0.3) is 11.7 Å². The molecule has 1 saturated heterocycles. The van der Waals surface area contributed by atoms with Crippen LogP contribution in [0.5, 0.6) is 5.75 Å². The fourth-order valence-corrected chi connectivity index (χ4v) is 3.55. The number of carbonyl (C=O) groups excluding carboxylic acids is 2. The Morgan fingerprint density at radius 1 is 1.29 bits per heavy atom. The quantitative estimate of drug-likeness (QED) is 0.317. The largest absolute Gasteiger partial charge is 0.507 e. The van der Waals surface area contributed by atoms with Gasteiger partial charge in [-0.2, -0.15) is 0 Å². The third kappa shape index (κ3) is 3.64. The van der Waals surface area contributed by atoms with E-state index in [0.717, 1.165) is 19.3 Å². The molecule has 1 aromatic carbocycles. The lowest BCUT2D eigenvalue weighted by molar-refractivity contribution is -0.140. The number of hydrogen-bond donors (Lipinski definition) is 1. The van der Waals surface area contributed by atoms with Crippen LogP contribution in [0.2, 0.25) is 5.02 Å². The number of ether oxygens (including phenoxy) is 1. The standard InChI is InChI=1S/C21H22ClNO5/c1-3-4-5-10-23-18(16-7-6-11-28-16)17(20(25)21(23)26)19(24)14-12-13(27-2)8-9-15(14)22/h6-9,11-12,18,24H,3-5,10H2,1-2H3/b19-17-. The van der Waals surface area contributed by atoms with Crippen molar-refractivity contribution < 1.29 is 23.8 Å². The molecule has 6 nitrogen and oxygen atoms in total. The number of rotatable bonds is 7. The van der Waals surface area contributed by atoms with Crippen molar-refractivity contribution in [2.75, 3.05) is 13.7 Å². The highest BCUT2D eigenvalue weighted by atomic mass is 35.5. The summed E-state index contributed by atoms with van der Waals surface area (Å²) in [6.07, 6.45) is 4.13. The number of likely N-dealkylation sites (tertiary alicyclic amines) is 1. The number of nitrogens with zero attached hydrogens (tertiary/aromatic N) is 1. The second kappa shape index (κ2) is 8.52. The minimum absolute atomic E-state index is 0.0356. The minimum Gasteiger partial charge on any atom is -0.507 e. The van der Waals surface area contributed by atoms with E-state index in [2.05, 4.69) is 6.92 Å². The number of benzene rings is 1. The SMILES string of the molecule is CCCCCN1C(=O)C(=O)/C(=C(\O)c2cc(OC)ccc2Cl)C1c1ccco1. The molecule has 1 aromatic heterocycles. The second-order valence-electron chi connectivity index (χ2n) is 6.56. The molecule has 1 atom stereocenters. The van der Waals surface area contributed by atoms with Crippen LogP contribution in [0.15, 0.2) is 46.6 Å². The molecule has 2 heterocycles. The highest BCUT2D eigenvalue weighted by molar-refractivity contribution is 6.46. The summed E-state index contributed by atoms with van der Waals surface area (Å²) < 4.78 is 10.7. The van der Waals surface area contributed by atoms with Crippen LogP contribution in [0.1, 0.15) is 43.6 Å². The minimum atomic E-state index is -0.797. The first-order valence-electron chi connectivity index (χ1n) is 9.15. The number of aliphatic hydroxyl groups is 1. The van der Waals surface area contributed by atoms with E-state index in [1.165, 1.54) is 24.3 Å². The number of amides is 1. The Labute approximate surface area is 168 Å². The van der Waals surface area contributed by atoms with E-state index >= 15 is 0 Å². The maximum Gasteiger partial charge on any atom is 0.295 e. The van der Waals surface area contributed by atoms with Gasteiger partial charge in [0.15, 0.2) is 0 Å². The Hall–Kier alpha value is -2.73. The Balaban J connectivity index is 2.12. The first kappa shape index (κ1) is 20.0. The predicted octanol–water partition coefficient (Wildman–Crippen LogP) is 4.55. The Morgan fingerprint density at radius 2 is 2.07 bits per heavy atom. The number of methoxy groups -OCH3 is 1. The van der Waals surface area contributed by atoms with Gasteiger partial charge in [0.05, 0.1) is 24.0 Å². The monoisotopic (exact) mass is 403 g/mol. The van der Waals surface area contributed by atoms with Crippen molar-refractivity contribution >= 4 is 29.1 Å². The van der Waals surface area contributed by atoms with Gasteiger partial charge in [0, 0.05) is 12.1 Å². The fourth-order valence-electron chi connectivity index (χ4n) is 3.34. The third-order valence-electron chi connectivity index (χ3n) is 4.78. The van der Waals surface area contributed by atoms with Crippen molar-refractivity contribution in [1.29, 1.82) is 0 Å². The molecule has 0 radical (unpaired) electrons. The average Bonchev–Trinajstić information content (AvgIpc) is 3.30. The van der Waals surface area contributed by atoms with E-state index in [0.29, 0.717) is 18.1 Å². The number of halogens is 1. The third-order valence-corrected chi connectivity index (χ3v) is 5.11. The summed E-state index contributed by atoms with van der Waals surface area (Å²) in [6.45, 7) is 2.45. The summed E-state index contributed by atoms with van der Waals surface area (Å²) in [5.41, 5.74) is 0.190. The van der Waals surface area contributed by atoms with Crippen LogP contribution in [-0.4, -0.2) is 35.4 Å². The molecule has 0 saturated carbocycles. The zero-order valence-corrected chi connectivity index (χ0v) is 16.5. The molecule has 3 rings (SSSR count). The summed E-state index contributed by atoms with van der Waals surface area (Å²) >= 11 is 6.24. The Bertz CT molecular complexity index is 904. The van der Waals surface area contributed by atoms with Gasteiger partial charge in [0.1, 0.15) is 23.3 Å². The maximum atomic E-state index is 12.8. The number of unbranched alkanes of at least 4 members (excludes halogenated alkanes) is 2. The number of carbonyl (C=O) groups is 2. The van der Waals surface area contributed by atoms with Gasteiger partial charge in [-0.1, -0.05) is 31.4 Å². The molecule has 28 heavy (non-hydrogen) atoms. The highest BCUT2D eigenvalue weighted by Gasteiger charge is 2.47. The molecule has 0 bridgehead atoms. The molecule has 1 aliphatic heterocycles. The lowest BCUT2D eigenvalue weighted by atomic mass is 9.99. The molecule has 2 aromatic rings. The Morgan fingerprint density at radius 3 is 2.71 bits per heavy atom. The van der Waals surface area contributed by atoms with Gasteiger partial charge in [0.2, 0.25) is 0 Å². The molecule has 1 N–H and O–H groups in total. The smallest absolute Gasteiger partial charge is 0.295 e. The van der Waals surface area contributed by atoms with Crippen LogP contribution >= 0.6 is 11.6 Å². The summed E-state index contributed by atoms with van der Waals surface area (Å²) in [4.78, 5) is 27.0. The van der Waals surface area contributed by atoms with Crippen LogP contribution in [0.25, 0.3) is 5.76 Å². The predicted molar refractivity (Wildman–Crippen MR) is 105 cm³/mol. The molecular formula is C21H22ClNO5. The van der Waals surface area contributed by atoms with Gasteiger partial charge >= 0.3 is 0 Å². The summed E-state index contributed by atoms with van der Waals surface area (Å²) in [6, 6.07) is 7.31. The van der Waals surface area contributed by atoms with E-state index in [4.69, 9.17) is 20.8 Å². The lowest BCUT2D eigenvalue weighted by Crippen LogP contribution is -2.30. The second-order valence-corrected chi connectivity index (χ2v) is 6.97. The topological polar surface area (TPSA) is 80.0 Å². The van der Waals surface area contributed by atoms with E-state index in [1.807, 2.05) is 0 Å². The van der Waals surface area contributed by atoms with Crippen LogP contribution in [-0.2, 0) is 9.59 Å². The fraction of sp³-hybridized carbons (Fsp3) is 0.333. The number of furan rings is 1. The van der Waals surface area contributed by atoms with Crippen molar-refractivity contribution in [2.45, 2.75) is 32.2 Å². The molecule has 1 fully saturated rings. The van der Waals surface area contributed by atoms with Crippen molar-refractivity contribution in [2.24, 2.45) is 0 Å². The maximum absolute atomic E-state index is 12.8. The summed E-state index contributed by atoms with van der Waals surface area (Å²) in [5.74, 6) is -0.872. The van der Waals surface area contributed by atoms with E-state index < -0.39 is 17.7 Å². The van der Waals surface area contributed by atoms with Crippen LogP contribution in [0.4, 0.5) is 0 Å². The summed E-state index contributed by atoms with van der Waals surface area (Å²) in [5, 5.41) is 11.2. The number of aliphatic hydroxyl groups excluding tert-OH is 1. The first-order chi connectivity index (χ1) is 13.5. The average molecular weight is 404 g/mol. The highest BCUT2D eigenvalue weighted by Crippen LogP contribution is 2.41. The zero-order chi connectivity index (χ0) is 20.3. The van der Waals surface area contributed by atoms with Gasteiger partial charge < -0.3 is 19.2 Å². The van der Waals surface area contributed by atoms with Crippen LogP contribution in [0, 0.1) is 0 Å². The zero-order valence-electron chi connectivity index (χ0n) is 15.8. The molecule has 7 heteroatoms. The molecule has 0 spiro atoms. The van der Waals surface area contributed by atoms with E-state index in [-0.39, 0.29) is 21.9 Å². The van der Waals surface area contributed by atoms with Gasteiger partial charge in [-0.3, -0.25) is 9.59 Å². The molecular weight excluding hydrogens is 382 g/mol. The normalized spacial score (nSPS) is 18.7. The van der Waals surface area contributed by atoms with Crippen LogP contribution < -0.4 is 4.74 Å². The van der Waals surface area contributed by atoms with Gasteiger partial charge in [-0.15, -0.1) is 0 Å². The molecule has 1 aliphatic rings. The Kier molecular flexibility index (Phi) is 6.09. The number of ketones is 1.